The molecule has 3 heteroatoms. The average molecular weight is 335 g/mol. The highest BCUT2D eigenvalue weighted by molar-refractivity contribution is 5.66. The summed E-state index contributed by atoms with van der Waals surface area (Å²) in [5.41, 5.74) is 0. The van der Waals surface area contributed by atoms with Crippen LogP contribution in [0.25, 0.3) is 0 Å². The van der Waals surface area contributed by atoms with Gasteiger partial charge in [0.25, 0.3) is 0 Å². The average Bonchev–Trinajstić information content (AvgIpc) is 3.15. The number of ether oxygens (including phenoxy) is 1. The largest absolute Gasteiger partial charge is 0.481 e. The van der Waals surface area contributed by atoms with Gasteiger partial charge in [0.1, 0.15) is 0 Å². The fourth-order valence-electron chi connectivity index (χ4n) is 4.19. The van der Waals surface area contributed by atoms with E-state index in [1.165, 1.54) is 44.9 Å². The van der Waals surface area contributed by atoms with E-state index in [0.717, 1.165) is 19.3 Å². The van der Waals surface area contributed by atoms with E-state index in [1.807, 2.05) is 0 Å². The van der Waals surface area contributed by atoms with Crippen LogP contribution >= 0.6 is 0 Å². The third-order valence-electron chi connectivity index (χ3n) is 5.48. The Labute approximate surface area is 147 Å². The predicted octanol–water partition coefficient (Wildman–Crippen LogP) is 5.51. The smallest absolute Gasteiger partial charge is 0.303 e. The third-order valence-corrected chi connectivity index (χ3v) is 5.48. The van der Waals surface area contributed by atoms with E-state index in [1.54, 1.807) is 0 Å². The molecule has 2 fully saturated rings. The fraction of sp³-hybridized carbons (Fsp3) is 0.762. The van der Waals surface area contributed by atoms with E-state index in [4.69, 9.17) is 9.84 Å². The Morgan fingerprint density at radius 3 is 2.42 bits per heavy atom. The van der Waals surface area contributed by atoms with Crippen LogP contribution in [-0.2, 0) is 9.53 Å². The Kier molecular flexibility index (Phi) is 8.58. The number of unbranched alkanes of at least 4 members (excludes halogenated alkanes) is 3. The molecular weight excluding hydrogens is 300 g/mol. The van der Waals surface area contributed by atoms with Gasteiger partial charge in [0.2, 0.25) is 0 Å². The normalized spacial score (nSPS) is 29.2. The van der Waals surface area contributed by atoms with Gasteiger partial charge in [0.15, 0.2) is 0 Å². The van der Waals surface area contributed by atoms with Crippen molar-refractivity contribution < 1.29 is 14.6 Å². The van der Waals surface area contributed by atoms with Gasteiger partial charge in [0, 0.05) is 6.42 Å². The second-order valence-electron chi connectivity index (χ2n) is 7.30. The minimum Gasteiger partial charge on any atom is -0.481 e. The van der Waals surface area contributed by atoms with Crippen LogP contribution in [0.15, 0.2) is 24.3 Å². The zero-order chi connectivity index (χ0) is 17.2. The van der Waals surface area contributed by atoms with E-state index >= 15 is 0 Å². The van der Waals surface area contributed by atoms with E-state index < -0.39 is 5.97 Å². The molecule has 1 N–H and O–H groups in total. The summed E-state index contributed by atoms with van der Waals surface area (Å²) < 4.78 is 6.17. The molecular formula is C21H34O3. The van der Waals surface area contributed by atoms with E-state index in [2.05, 4.69) is 31.2 Å². The van der Waals surface area contributed by atoms with Crippen LogP contribution in [0, 0.1) is 11.8 Å². The monoisotopic (exact) mass is 334 g/mol. The molecule has 136 valence electrons. The lowest BCUT2D eigenvalue weighted by Gasteiger charge is -2.26. The molecule has 2 bridgehead atoms. The van der Waals surface area contributed by atoms with Crippen molar-refractivity contribution in [1.82, 2.24) is 0 Å². The Hall–Kier alpha value is -1.09. The highest BCUT2D eigenvalue weighted by Gasteiger charge is 2.47. The number of hydrogen-bond acceptors (Lipinski definition) is 2. The molecule has 0 saturated carbocycles. The minimum atomic E-state index is -0.697. The summed E-state index contributed by atoms with van der Waals surface area (Å²) in [6, 6.07) is 0. The van der Waals surface area contributed by atoms with Crippen LogP contribution in [0.2, 0.25) is 0 Å². The molecule has 0 aromatic heterocycles. The van der Waals surface area contributed by atoms with E-state index in [9.17, 15) is 4.79 Å². The molecule has 0 unspecified atom stereocenters. The van der Waals surface area contributed by atoms with Crippen molar-refractivity contribution >= 4 is 5.97 Å². The fourth-order valence-corrected chi connectivity index (χ4v) is 4.19. The molecule has 3 nitrogen and oxygen atoms in total. The molecule has 2 rings (SSSR count). The molecule has 2 aliphatic rings. The summed E-state index contributed by atoms with van der Waals surface area (Å²) in [6.07, 6.45) is 21.8. The van der Waals surface area contributed by atoms with Crippen LogP contribution in [0.4, 0.5) is 0 Å². The summed E-state index contributed by atoms with van der Waals surface area (Å²) in [6.45, 7) is 2.24. The third kappa shape index (κ3) is 6.08. The van der Waals surface area contributed by atoms with Crippen molar-refractivity contribution in [2.45, 2.75) is 89.8 Å². The first-order valence-corrected chi connectivity index (χ1v) is 9.89. The summed E-state index contributed by atoms with van der Waals surface area (Å²) in [5, 5.41) is 8.65. The molecule has 0 spiro atoms. The molecule has 24 heavy (non-hydrogen) atoms. The number of rotatable bonds is 12. The van der Waals surface area contributed by atoms with Crippen molar-refractivity contribution in [3.63, 3.8) is 0 Å². The molecule has 0 aliphatic carbocycles. The second-order valence-corrected chi connectivity index (χ2v) is 7.30. The van der Waals surface area contributed by atoms with Gasteiger partial charge in [-0.25, -0.2) is 0 Å². The minimum absolute atomic E-state index is 0.272. The summed E-state index contributed by atoms with van der Waals surface area (Å²) in [5.74, 6) is 0.684. The maximum Gasteiger partial charge on any atom is 0.303 e. The maximum absolute atomic E-state index is 10.5. The van der Waals surface area contributed by atoms with Gasteiger partial charge < -0.3 is 9.84 Å². The van der Waals surface area contributed by atoms with Crippen LogP contribution in [-0.4, -0.2) is 23.3 Å². The topological polar surface area (TPSA) is 46.5 Å². The summed E-state index contributed by atoms with van der Waals surface area (Å²) >= 11 is 0. The summed E-state index contributed by atoms with van der Waals surface area (Å²) in [7, 11) is 0. The zero-order valence-electron chi connectivity index (χ0n) is 15.2. The van der Waals surface area contributed by atoms with Crippen molar-refractivity contribution in [3.05, 3.63) is 24.3 Å². The van der Waals surface area contributed by atoms with Crippen molar-refractivity contribution in [3.8, 4) is 0 Å². The molecule has 0 aromatic carbocycles. The first kappa shape index (κ1) is 19.2. The van der Waals surface area contributed by atoms with Gasteiger partial charge in [0.05, 0.1) is 12.2 Å². The maximum atomic E-state index is 10.5. The second kappa shape index (κ2) is 10.7. The molecule has 2 aliphatic heterocycles. The van der Waals surface area contributed by atoms with Crippen LogP contribution in [0.3, 0.4) is 0 Å². The highest BCUT2D eigenvalue weighted by atomic mass is 16.5. The standard InChI is InChI=1S/C21H34O3/c1-2-3-4-5-6-9-12-17-18(20-16-15-19(17)24-20)13-10-7-8-11-14-21(22)23/h5-7,10,17-20H,2-4,8-9,11-16H2,1H3,(H,22,23)/t17-,18+,19-,20+/m1/s1. The molecule has 2 saturated heterocycles. The van der Waals surface area contributed by atoms with E-state index in [-0.39, 0.29) is 6.42 Å². The predicted molar refractivity (Wildman–Crippen MR) is 98.0 cm³/mol. The van der Waals surface area contributed by atoms with Gasteiger partial charge in [-0.15, -0.1) is 0 Å². The number of carboxylic acid groups (broad SMARTS) is 1. The van der Waals surface area contributed by atoms with Crippen LogP contribution in [0.5, 0.6) is 0 Å². The van der Waals surface area contributed by atoms with Gasteiger partial charge >= 0.3 is 5.97 Å². The van der Waals surface area contributed by atoms with Crippen molar-refractivity contribution in [2.24, 2.45) is 11.8 Å². The lowest BCUT2D eigenvalue weighted by molar-refractivity contribution is -0.137. The van der Waals surface area contributed by atoms with Gasteiger partial charge in [-0.05, 0) is 63.2 Å². The lowest BCUT2D eigenvalue weighted by Crippen LogP contribution is -2.26. The van der Waals surface area contributed by atoms with Crippen LogP contribution < -0.4 is 0 Å². The van der Waals surface area contributed by atoms with Gasteiger partial charge in [-0.2, -0.15) is 0 Å². The molecule has 0 aromatic rings. The van der Waals surface area contributed by atoms with Gasteiger partial charge in [-0.3, -0.25) is 4.79 Å². The molecule has 0 radical (unpaired) electrons. The highest BCUT2D eigenvalue weighted by Crippen LogP contribution is 2.47. The molecule has 4 atom stereocenters. The molecule has 0 amide bonds. The number of carbonyl (C=O) groups is 1. The van der Waals surface area contributed by atoms with E-state index in [0.29, 0.717) is 24.0 Å². The number of allylic oxidation sites excluding steroid dienone is 4. The number of hydrogen-bond donors (Lipinski definition) is 1. The quantitative estimate of drug-likeness (QED) is 0.378. The number of fused-ring (bicyclic) bond motifs is 2. The Balaban J connectivity index is 1.70. The number of aliphatic carboxylic acids is 1. The first-order chi connectivity index (χ1) is 11.7. The number of carboxylic acids is 1. The van der Waals surface area contributed by atoms with Crippen molar-refractivity contribution in [1.29, 1.82) is 0 Å². The van der Waals surface area contributed by atoms with Crippen molar-refractivity contribution in [2.75, 3.05) is 0 Å². The Bertz CT molecular complexity index is 427. The van der Waals surface area contributed by atoms with Crippen LogP contribution in [0.1, 0.15) is 77.6 Å². The SMILES string of the molecule is CCCCC=CCC[C@@H]1[C@H](CC=CCCCC(=O)O)[C@@H]2CC[C@H]1O2. The van der Waals surface area contributed by atoms with Gasteiger partial charge in [-0.1, -0.05) is 44.1 Å². The zero-order valence-corrected chi connectivity index (χ0v) is 15.2. The summed E-state index contributed by atoms with van der Waals surface area (Å²) in [4.78, 5) is 10.5. The lowest BCUT2D eigenvalue weighted by atomic mass is 9.75. The Morgan fingerprint density at radius 1 is 1.00 bits per heavy atom. The molecule has 2 heterocycles. The first-order valence-electron chi connectivity index (χ1n) is 9.89. The Morgan fingerprint density at radius 2 is 1.67 bits per heavy atom.